The second kappa shape index (κ2) is 14.0. The van der Waals surface area contributed by atoms with Gasteiger partial charge in [-0.3, -0.25) is 13.8 Å². The van der Waals surface area contributed by atoms with Gasteiger partial charge in [0.25, 0.3) is 5.09 Å². The molecule has 0 fully saturated rings. The van der Waals surface area contributed by atoms with Crippen molar-refractivity contribution in [1.29, 1.82) is 0 Å². The minimum atomic E-state index is -1.38. The van der Waals surface area contributed by atoms with Crippen LogP contribution in [0.15, 0.2) is 36.4 Å². The second-order valence-corrected chi connectivity index (χ2v) is 8.81. The van der Waals surface area contributed by atoms with Gasteiger partial charge in [-0.15, -0.1) is 10.1 Å². The molecule has 2 atom stereocenters. The summed E-state index contributed by atoms with van der Waals surface area (Å²) in [5.41, 5.74) is 0.837. The summed E-state index contributed by atoms with van der Waals surface area (Å²) < 4.78 is 31.6. The standard InChI is InChI=1S/C22H27NO10S/c1-16(33-23(26)27)32-22(25)31-10-4-12-34(28)11-3-9-30-21(24)14-17-5-6-19-15-20(29-2)8-7-18(19)13-17/h5-8,13,15-16H,3-4,9-12,14H2,1-2H3. The number of carbonyl (C=O) groups excluding carboxylic acids is 2. The first-order chi connectivity index (χ1) is 16.3. The van der Waals surface area contributed by atoms with E-state index in [1.54, 1.807) is 7.11 Å². The van der Waals surface area contributed by atoms with Crippen LogP contribution in [0, 0.1) is 10.1 Å². The number of rotatable bonds is 14. The molecule has 0 saturated carbocycles. The quantitative estimate of drug-likeness (QED) is 0.126. The Morgan fingerprint density at radius 2 is 1.68 bits per heavy atom. The Kier molecular flexibility index (Phi) is 11.0. The molecule has 2 rings (SSSR count). The summed E-state index contributed by atoms with van der Waals surface area (Å²) in [6, 6.07) is 11.4. The Balaban J connectivity index is 1.57. The third-order valence-corrected chi connectivity index (χ3v) is 5.96. The molecule has 0 saturated heterocycles. The zero-order valence-electron chi connectivity index (χ0n) is 18.9. The number of ether oxygens (including phenoxy) is 4. The lowest BCUT2D eigenvalue weighted by molar-refractivity contribution is -0.777. The van der Waals surface area contributed by atoms with E-state index in [4.69, 9.17) is 14.2 Å². The van der Waals surface area contributed by atoms with Gasteiger partial charge in [0, 0.05) is 22.3 Å². The molecule has 2 unspecified atom stereocenters. The topological polar surface area (TPSA) is 141 Å². The van der Waals surface area contributed by atoms with Crippen molar-refractivity contribution in [2.24, 2.45) is 0 Å². The second-order valence-electron chi connectivity index (χ2n) is 7.11. The molecule has 0 aliphatic carbocycles. The SMILES string of the molecule is COc1ccc2cc(CC(=O)OCCCS(=O)CCCOC(=O)OC(C)O[N+](=O)[O-])ccc2c1. The fourth-order valence-electron chi connectivity index (χ4n) is 2.92. The third-order valence-electron chi connectivity index (χ3n) is 4.47. The average molecular weight is 498 g/mol. The van der Waals surface area contributed by atoms with Crippen LogP contribution in [0.5, 0.6) is 5.75 Å². The molecule has 0 N–H and O–H groups in total. The smallest absolute Gasteiger partial charge is 0.497 e. The maximum atomic E-state index is 12.1. The number of fused-ring (bicyclic) bond motifs is 1. The van der Waals surface area contributed by atoms with E-state index in [2.05, 4.69) is 9.57 Å². The van der Waals surface area contributed by atoms with Crippen molar-refractivity contribution in [1.82, 2.24) is 0 Å². The van der Waals surface area contributed by atoms with Crippen molar-refractivity contribution >= 4 is 33.7 Å². The zero-order valence-corrected chi connectivity index (χ0v) is 19.7. The predicted octanol–water partition coefficient (Wildman–Crippen LogP) is 3.17. The summed E-state index contributed by atoms with van der Waals surface area (Å²) in [6.45, 7) is 1.28. The van der Waals surface area contributed by atoms with E-state index in [-0.39, 0.29) is 31.4 Å². The fraction of sp³-hybridized carbons (Fsp3) is 0.455. The normalized spacial score (nSPS) is 12.4. The minimum absolute atomic E-state index is 0.0523. The highest BCUT2D eigenvalue weighted by Gasteiger charge is 2.14. The van der Waals surface area contributed by atoms with Crippen LogP contribution in [-0.2, 0) is 41.1 Å². The van der Waals surface area contributed by atoms with Crippen molar-refractivity contribution in [2.45, 2.75) is 32.5 Å². The van der Waals surface area contributed by atoms with E-state index < -0.39 is 28.3 Å². The number of carbonyl (C=O) groups is 2. The maximum absolute atomic E-state index is 12.1. The molecule has 2 aromatic carbocycles. The largest absolute Gasteiger partial charge is 0.510 e. The zero-order chi connectivity index (χ0) is 24.9. The summed E-state index contributed by atoms with van der Waals surface area (Å²) in [7, 11) is 0.436. The van der Waals surface area contributed by atoms with Crippen LogP contribution in [0.1, 0.15) is 25.3 Å². The van der Waals surface area contributed by atoms with E-state index in [0.29, 0.717) is 18.6 Å². The number of esters is 1. The molecule has 0 aromatic heterocycles. The van der Waals surface area contributed by atoms with Gasteiger partial charge in [-0.25, -0.2) is 4.79 Å². The first-order valence-corrected chi connectivity index (χ1v) is 12.0. The Morgan fingerprint density at radius 1 is 1.03 bits per heavy atom. The predicted molar refractivity (Wildman–Crippen MR) is 122 cm³/mol. The van der Waals surface area contributed by atoms with Crippen molar-refractivity contribution in [3.63, 3.8) is 0 Å². The maximum Gasteiger partial charge on any atom is 0.510 e. The number of methoxy groups -OCH3 is 1. The molecule has 186 valence electrons. The molecule has 11 nitrogen and oxygen atoms in total. The van der Waals surface area contributed by atoms with Gasteiger partial charge in [0.1, 0.15) is 5.75 Å². The fourth-order valence-corrected chi connectivity index (χ4v) is 4.01. The van der Waals surface area contributed by atoms with Crippen molar-refractivity contribution < 1.29 is 42.7 Å². The van der Waals surface area contributed by atoms with Gasteiger partial charge >= 0.3 is 12.1 Å². The summed E-state index contributed by atoms with van der Waals surface area (Å²) in [5.74, 6) is 1.02. The highest BCUT2D eigenvalue weighted by molar-refractivity contribution is 7.84. The molecule has 0 radical (unpaired) electrons. The number of hydrogen-bond donors (Lipinski definition) is 0. The van der Waals surface area contributed by atoms with Crippen LogP contribution in [0.25, 0.3) is 10.8 Å². The lowest BCUT2D eigenvalue weighted by atomic mass is 10.0. The number of hydrogen-bond acceptors (Lipinski definition) is 10. The molecule has 0 spiro atoms. The van der Waals surface area contributed by atoms with Gasteiger partial charge in [-0.2, -0.15) is 0 Å². The summed E-state index contributed by atoms with van der Waals surface area (Å²) >= 11 is 0. The monoisotopic (exact) mass is 497 g/mol. The Labute approximate surface area is 198 Å². The third kappa shape index (κ3) is 10.0. The number of nitrogens with zero attached hydrogens (tertiary/aromatic N) is 1. The van der Waals surface area contributed by atoms with E-state index in [1.165, 1.54) is 6.92 Å². The molecule has 0 aliphatic rings. The number of benzene rings is 2. The van der Waals surface area contributed by atoms with Crippen LogP contribution in [-0.4, -0.2) is 59.5 Å². The molecule has 34 heavy (non-hydrogen) atoms. The minimum Gasteiger partial charge on any atom is -0.497 e. The highest BCUT2D eigenvalue weighted by Crippen LogP contribution is 2.22. The first-order valence-electron chi connectivity index (χ1n) is 10.5. The lowest BCUT2D eigenvalue weighted by Crippen LogP contribution is -2.22. The van der Waals surface area contributed by atoms with Gasteiger partial charge in [0.15, 0.2) is 0 Å². The van der Waals surface area contributed by atoms with Crippen LogP contribution < -0.4 is 4.74 Å². The van der Waals surface area contributed by atoms with Crippen LogP contribution in [0.4, 0.5) is 4.79 Å². The first kappa shape index (κ1) is 26.8. The summed E-state index contributed by atoms with van der Waals surface area (Å²) in [6.07, 6.45) is -1.60. The average Bonchev–Trinajstić information content (AvgIpc) is 2.78. The van der Waals surface area contributed by atoms with Crippen LogP contribution >= 0.6 is 0 Å². The van der Waals surface area contributed by atoms with Gasteiger partial charge in [-0.05, 0) is 48.2 Å². The van der Waals surface area contributed by atoms with Gasteiger partial charge < -0.3 is 18.9 Å². The Bertz CT molecular complexity index is 1010. The van der Waals surface area contributed by atoms with Crippen LogP contribution in [0.3, 0.4) is 0 Å². The van der Waals surface area contributed by atoms with E-state index >= 15 is 0 Å². The van der Waals surface area contributed by atoms with Gasteiger partial charge in [-0.1, -0.05) is 24.3 Å². The van der Waals surface area contributed by atoms with Gasteiger partial charge in [0.05, 0.1) is 26.7 Å². The Hall–Kier alpha value is -3.41. The molecular formula is C22H27NO10S. The van der Waals surface area contributed by atoms with Crippen molar-refractivity contribution in [3.8, 4) is 5.75 Å². The van der Waals surface area contributed by atoms with Gasteiger partial charge in [0.2, 0.25) is 6.29 Å². The lowest BCUT2D eigenvalue weighted by Gasteiger charge is -2.10. The molecule has 0 amide bonds. The molecule has 0 aliphatic heterocycles. The van der Waals surface area contributed by atoms with Crippen LogP contribution in [0.2, 0.25) is 0 Å². The molecule has 0 bridgehead atoms. The summed E-state index contributed by atoms with van der Waals surface area (Å²) in [5, 5.41) is 11.0. The Morgan fingerprint density at radius 3 is 2.35 bits per heavy atom. The van der Waals surface area contributed by atoms with Crippen molar-refractivity contribution in [3.05, 3.63) is 52.1 Å². The van der Waals surface area contributed by atoms with E-state index in [0.717, 1.165) is 22.1 Å². The molecule has 0 heterocycles. The van der Waals surface area contributed by atoms with Crippen molar-refractivity contribution in [2.75, 3.05) is 31.8 Å². The summed E-state index contributed by atoms with van der Waals surface area (Å²) in [4.78, 5) is 37.5. The highest BCUT2D eigenvalue weighted by atomic mass is 32.2. The van der Waals surface area contributed by atoms with E-state index in [9.17, 15) is 23.9 Å². The molecular weight excluding hydrogens is 470 g/mol. The van der Waals surface area contributed by atoms with E-state index in [1.807, 2.05) is 36.4 Å². The molecule has 12 heteroatoms. The molecule has 2 aromatic rings.